The second-order valence-electron chi connectivity index (χ2n) is 7.31. The predicted molar refractivity (Wildman–Crippen MR) is 122 cm³/mol. The topological polar surface area (TPSA) is 142 Å². The van der Waals surface area contributed by atoms with Gasteiger partial charge in [0.25, 0.3) is 11.4 Å². The standard InChI is InChI=1S/C23H25N3O7/c1-4-7-15(5-2)22(24-33-21(27)6-3)23(28)17-10-8-16(9-11-17)19-13-12-18(25(29)30)14-20(19)26(31)32/h8-15H,4-7H2,1-3H3/b24-22-. The summed E-state index contributed by atoms with van der Waals surface area (Å²) in [6.45, 7) is 5.52. The van der Waals surface area contributed by atoms with E-state index in [2.05, 4.69) is 5.16 Å². The molecule has 0 aliphatic carbocycles. The van der Waals surface area contributed by atoms with Gasteiger partial charge in [0.05, 0.1) is 21.5 Å². The van der Waals surface area contributed by atoms with Crippen molar-refractivity contribution < 1.29 is 24.3 Å². The summed E-state index contributed by atoms with van der Waals surface area (Å²) in [7, 11) is 0. The molecule has 2 aromatic rings. The number of carbonyl (C=O) groups excluding carboxylic acids is 2. The number of hydrogen-bond donors (Lipinski definition) is 0. The number of benzene rings is 2. The minimum Gasteiger partial charge on any atom is -0.318 e. The van der Waals surface area contributed by atoms with E-state index in [-0.39, 0.29) is 34.9 Å². The second-order valence-corrected chi connectivity index (χ2v) is 7.31. The van der Waals surface area contributed by atoms with Crippen molar-refractivity contribution in [1.29, 1.82) is 0 Å². The number of hydrogen-bond acceptors (Lipinski definition) is 8. The van der Waals surface area contributed by atoms with Crippen molar-refractivity contribution in [2.24, 2.45) is 11.1 Å². The van der Waals surface area contributed by atoms with Crippen LogP contribution in [0, 0.1) is 26.1 Å². The fourth-order valence-electron chi connectivity index (χ4n) is 3.33. The van der Waals surface area contributed by atoms with E-state index in [9.17, 15) is 29.8 Å². The maximum Gasteiger partial charge on any atom is 0.334 e. The summed E-state index contributed by atoms with van der Waals surface area (Å²) in [5.41, 5.74) is 0.240. The van der Waals surface area contributed by atoms with Crippen molar-refractivity contribution in [3.63, 3.8) is 0 Å². The quantitative estimate of drug-likeness (QED) is 0.143. The van der Waals surface area contributed by atoms with Crippen molar-refractivity contribution in [3.05, 3.63) is 68.3 Å². The fraction of sp³-hybridized carbons (Fsp3) is 0.348. The first-order valence-corrected chi connectivity index (χ1v) is 10.6. The first-order valence-electron chi connectivity index (χ1n) is 10.6. The van der Waals surface area contributed by atoms with E-state index in [0.29, 0.717) is 18.4 Å². The number of non-ortho nitro benzene ring substituents is 1. The van der Waals surface area contributed by atoms with Crippen LogP contribution in [0.2, 0.25) is 0 Å². The molecule has 1 atom stereocenters. The average molecular weight is 455 g/mol. The van der Waals surface area contributed by atoms with Gasteiger partial charge in [-0.25, -0.2) is 4.79 Å². The van der Waals surface area contributed by atoms with Gasteiger partial charge in [0, 0.05) is 24.0 Å². The Morgan fingerprint density at radius 3 is 2.18 bits per heavy atom. The number of nitro benzene ring substituents is 2. The molecule has 0 aromatic heterocycles. The van der Waals surface area contributed by atoms with Gasteiger partial charge >= 0.3 is 5.97 Å². The normalized spacial score (nSPS) is 12.2. The van der Waals surface area contributed by atoms with Crippen LogP contribution < -0.4 is 0 Å². The van der Waals surface area contributed by atoms with Gasteiger partial charge in [0.2, 0.25) is 5.78 Å². The predicted octanol–water partition coefficient (Wildman–Crippen LogP) is 5.49. The lowest BCUT2D eigenvalue weighted by molar-refractivity contribution is -0.393. The zero-order chi connectivity index (χ0) is 24.5. The van der Waals surface area contributed by atoms with E-state index >= 15 is 0 Å². The van der Waals surface area contributed by atoms with E-state index in [1.807, 2.05) is 13.8 Å². The van der Waals surface area contributed by atoms with Gasteiger partial charge in [-0.15, -0.1) is 0 Å². The van der Waals surface area contributed by atoms with Gasteiger partial charge in [-0.1, -0.05) is 56.6 Å². The SMILES string of the molecule is CCCC(CC)/C(=N/OC(=O)CC)C(=O)c1ccc(-c2ccc([N+](=O)[O-])cc2[N+](=O)[O-])cc1. The third-order valence-corrected chi connectivity index (χ3v) is 5.13. The monoisotopic (exact) mass is 455 g/mol. The van der Waals surface area contributed by atoms with Crippen LogP contribution >= 0.6 is 0 Å². The largest absolute Gasteiger partial charge is 0.334 e. The smallest absolute Gasteiger partial charge is 0.318 e. The lowest BCUT2D eigenvalue weighted by Gasteiger charge is -2.15. The lowest BCUT2D eigenvalue weighted by Crippen LogP contribution is -2.25. The number of carbonyl (C=O) groups is 2. The lowest BCUT2D eigenvalue weighted by atomic mass is 9.89. The van der Waals surface area contributed by atoms with E-state index < -0.39 is 27.3 Å². The van der Waals surface area contributed by atoms with Crippen LogP contribution in [0.25, 0.3) is 11.1 Å². The molecular formula is C23H25N3O7. The minimum absolute atomic E-state index is 0.123. The van der Waals surface area contributed by atoms with Gasteiger partial charge in [-0.2, -0.15) is 0 Å². The molecule has 0 N–H and O–H groups in total. The zero-order valence-electron chi connectivity index (χ0n) is 18.6. The Morgan fingerprint density at radius 2 is 1.67 bits per heavy atom. The third-order valence-electron chi connectivity index (χ3n) is 5.13. The average Bonchev–Trinajstić information content (AvgIpc) is 2.82. The van der Waals surface area contributed by atoms with Gasteiger partial charge < -0.3 is 4.84 Å². The van der Waals surface area contributed by atoms with Crippen LogP contribution in [0.5, 0.6) is 0 Å². The van der Waals surface area contributed by atoms with Crippen LogP contribution in [0.1, 0.15) is 56.8 Å². The highest BCUT2D eigenvalue weighted by atomic mass is 16.7. The molecule has 0 heterocycles. The molecule has 0 saturated heterocycles. The molecule has 174 valence electrons. The summed E-state index contributed by atoms with van der Waals surface area (Å²) >= 11 is 0. The molecule has 0 aliphatic heterocycles. The summed E-state index contributed by atoms with van der Waals surface area (Å²) in [4.78, 5) is 50.6. The van der Waals surface area contributed by atoms with Gasteiger partial charge in [-0.05, 0) is 24.5 Å². The molecular weight excluding hydrogens is 430 g/mol. The van der Waals surface area contributed by atoms with Crippen molar-refractivity contribution in [2.45, 2.75) is 46.5 Å². The molecule has 0 amide bonds. The molecule has 1 unspecified atom stereocenters. The Bertz CT molecular complexity index is 1080. The maximum absolute atomic E-state index is 13.2. The number of oxime groups is 1. The van der Waals surface area contributed by atoms with Gasteiger partial charge in [0.15, 0.2) is 0 Å². The number of nitrogens with zero attached hydrogens (tertiary/aromatic N) is 3. The second kappa shape index (κ2) is 11.6. The minimum atomic E-state index is -0.703. The van der Waals surface area contributed by atoms with Crippen LogP contribution in [-0.2, 0) is 9.63 Å². The first-order chi connectivity index (χ1) is 15.7. The molecule has 0 spiro atoms. The molecule has 0 fully saturated rings. The highest BCUT2D eigenvalue weighted by Gasteiger charge is 2.25. The Kier molecular flexibility index (Phi) is 8.90. The van der Waals surface area contributed by atoms with Gasteiger partial charge in [0.1, 0.15) is 5.71 Å². The molecule has 0 aliphatic rings. The summed E-state index contributed by atoms with van der Waals surface area (Å²) in [6.07, 6.45) is 2.26. The Labute approximate surface area is 190 Å². The molecule has 0 bridgehead atoms. The molecule has 10 heteroatoms. The Hall–Kier alpha value is -3.95. The van der Waals surface area contributed by atoms with E-state index in [1.165, 1.54) is 36.4 Å². The van der Waals surface area contributed by atoms with E-state index in [4.69, 9.17) is 4.84 Å². The van der Waals surface area contributed by atoms with Crippen molar-refractivity contribution in [1.82, 2.24) is 0 Å². The number of Topliss-reactive ketones (excluding diaryl/α,β-unsaturated/α-hetero) is 1. The van der Waals surface area contributed by atoms with Gasteiger partial charge in [-0.3, -0.25) is 25.0 Å². The molecule has 33 heavy (non-hydrogen) atoms. The van der Waals surface area contributed by atoms with Crippen molar-refractivity contribution in [2.75, 3.05) is 0 Å². The Balaban J connectivity index is 2.43. The van der Waals surface area contributed by atoms with E-state index in [1.54, 1.807) is 6.92 Å². The van der Waals surface area contributed by atoms with Crippen LogP contribution in [0.3, 0.4) is 0 Å². The summed E-state index contributed by atoms with van der Waals surface area (Å²) in [5.74, 6) is -1.14. The Morgan fingerprint density at radius 1 is 1.00 bits per heavy atom. The first kappa shape index (κ1) is 25.3. The maximum atomic E-state index is 13.2. The fourth-order valence-corrected chi connectivity index (χ4v) is 3.33. The highest BCUT2D eigenvalue weighted by molar-refractivity contribution is 6.46. The van der Waals surface area contributed by atoms with Crippen LogP contribution in [0.4, 0.5) is 11.4 Å². The van der Waals surface area contributed by atoms with Crippen molar-refractivity contribution in [3.8, 4) is 11.1 Å². The summed E-state index contributed by atoms with van der Waals surface area (Å²) in [5, 5.41) is 26.2. The number of rotatable bonds is 11. The molecule has 2 rings (SSSR count). The molecule has 0 saturated carbocycles. The summed E-state index contributed by atoms with van der Waals surface area (Å²) < 4.78 is 0. The van der Waals surface area contributed by atoms with E-state index in [0.717, 1.165) is 12.5 Å². The number of ketones is 1. The molecule has 10 nitrogen and oxygen atoms in total. The molecule has 0 radical (unpaired) electrons. The van der Waals surface area contributed by atoms with Crippen molar-refractivity contribution >= 4 is 28.8 Å². The summed E-state index contributed by atoms with van der Waals surface area (Å²) in [6, 6.07) is 9.44. The van der Waals surface area contributed by atoms with Crippen LogP contribution in [-0.4, -0.2) is 27.3 Å². The third kappa shape index (κ3) is 6.28. The van der Waals surface area contributed by atoms with Crippen LogP contribution in [0.15, 0.2) is 47.6 Å². The highest BCUT2D eigenvalue weighted by Crippen LogP contribution is 2.33. The zero-order valence-corrected chi connectivity index (χ0v) is 18.6. The molecule has 2 aromatic carbocycles. The number of nitro groups is 2.